The summed E-state index contributed by atoms with van der Waals surface area (Å²) in [6, 6.07) is 13.4. The molecule has 0 radical (unpaired) electrons. The van der Waals surface area contributed by atoms with E-state index in [0.717, 1.165) is 22.4 Å². The first-order valence-corrected chi connectivity index (χ1v) is 7.32. The molecule has 0 heterocycles. The topological polar surface area (TPSA) is 44.5 Å². The second-order valence-corrected chi connectivity index (χ2v) is 5.39. The first-order chi connectivity index (χ1) is 9.65. The molecule has 20 heavy (non-hydrogen) atoms. The van der Waals surface area contributed by atoms with Crippen molar-refractivity contribution in [3.05, 3.63) is 52.5 Å². The zero-order valence-corrected chi connectivity index (χ0v) is 13.0. The van der Waals surface area contributed by atoms with Gasteiger partial charge in [-0.25, -0.2) is 0 Å². The first-order valence-electron chi connectivity index (χ1n) is 6.52. The van der Waals surface area contributed by atoms with Crippen LogP contribution in [0.1, 0.15) is 12.0 Å². The molecule has 106 valence electrons. The Morgan fingerprint density at radius 1 is 1.00 bits per heavy atom. The molecule has 2 aromatic carbocycles. The third-order valence-electron chi connectivity index (χ3n) is 2.81. The highest BCUT2D eigenvalue weighted by molar-refractivity contribution is 9.10. The van der Waals surface area contributed by atoms with Crippen LogP contribution < -0.4 is 15.2 Å². The van der Waals surface area contributed by atoms with Crippen molar-refractivity contribution >= 4 is 21.6 Å². The lowest BCUT2D eigenvalue weighted by atomic mass is 10.2. The Kier molecular flexibility index (Phi) is 5.30. The summed E-state index contributed by atoms with van der Waals surface area (Å²) in [4.78, 5) is 0. The molecule has 0 aromatic heterocycles. The molecular weight excluding hydrogens is 318 g/mol. The molecule has 0 aliphatic rings. The molecule has 0 amide bonds. The predicted octanol–water partition coefficient (Wildman–Crippen LogP) is 4.19. The van der Waals surface area contributed by atoms with Crippen LogP contribution in [0.2, 0.25) is 0 Å². The van der Waals surface area contributed by atoms with Crippen LogP contribution in [0.25, 0.3) is 0 Å². The largest absolute Gasteiger partial charge is 0.493 e. The number of halogens is 1. The molecule has 4 heteroatoms. The number of nitrogen functional groups attached to an aromatic ring is 1. The van der Waals surface area contributed by atoms with E-state index in [0.29, 0.717) is 18.9 Å². The van der Waals surface area contributed by atoms with Crippen molar-refractivity contribution in [2.24, 2.45) is 0 Å². The van der Waals surface area contributed by atoms with E-state index in [9.17, 15) is 0 Å². The smallest absolute Gasteiger partial charge is 0.121 e. The van der Waals surface area contributed by atoms with Gasteiger partial charge in [0.25, 0.3) is 0 Å². The molecule has 2 rings (SSSR count). The predicted molar refractivity (Wildman–Crippen MR) is 85.3 cm³/mol. The molecule has 2 aromatic rings. The summed E-state index contributed by atoms with van der Waals surface area (Å²) in [6.45, 7) is 3.28. The second-order valence-electron chi connectivity index (χ2n) is 4.53. The number of nitrogens with two attached hydrogens (primary N) is 1. The van der Waals surface area contributed by atoms with Crippen LogP contribution in [0.4, 0.5) is 5.69 Å². The van der Waals surface area contributed by atoms with Crippen molar-refractivity contribution in [1.82, 2.24) is 0 Å². The zero-order chi connectivity index (χ0) is 14.4. The van der Waals surface area contributed by atoms with Crippen molar-refractivity contribution in [2.75, 3.05) is 18.9 Å². The third-order valence-corrected chi connectivity index (χ3v) is 3.70. The summed E-state index contributed by atoms with van der Waals surface area (Å²) in [7, 11) is 0. The molecule has 0 unspecified atom stereocenters. The van der Waals surface area contributed by atoms with Crippen molar-refractivity contribution < 1.29 is 9.47 Å². The quantitative estimate of drug-likeness (QED) is 0.635. The third kappa shape index (κ3) is 4.46. The van der Waals surface area contributed by atoms with E-state index in [-0.39, 0.29) is 0 Å². The van der Waals surface area contributed by atoms with Crippen LogP contribution in [0.15, 0.2) is 46.9 Å². The van der Waals surface area contributed by atoms with Crippen molar-refractivity contribution in [3.8, 4) is 11.5 Å². The molecule has 3 nitrogen and oxygen atoms in total. The molecule has 0 saturated carbocycles. The van der Waals surface area contributed by atoms with E-state index < -0.39 is 0 Å². The van der Waals surface area contributed by atoms with Crippen LogP contribution >= 0.6 is 15.9 Å². The van der Waals surface area contributed by atoms with Crippen LogP contribution in [0.3, 0.4) is 0 Å². The number of hydrogen-bond acceptors (Lipinski definition) is 3. The van der Waals surface area contributed by atoms with Gasteiger partial charge in [-0.2, -0.15) is 0 Å². The van der Waals surface area contributed by atoms with Crippen molar-refractivity contribution in [3.63, 3.8) is 0 Å². The normalized spacial score (nSPS) is 10.3. The van der Waals surface area contributed by atoms with Crippen LogP contribution in [-0.4, -0.2) is 13.2 Å². The highest BCUT2D eigenvalue weighted by Crippen LogP contribution is 2.21. The molecular formula is C16H18BrNO2. The van der Waals surface area contributed by atoms with Gasteiger partial charge in [0, 0.05) is 22.6 Å². The van der Waals surface area contributed by atoms with E-state index in [1.165, 1.54) is 5.56 Å². The number of ether oxygens (including phenoxy) is 2. The summed E-state index contributed by atoms with van der Waals surface area (Å²) in [5.74, 6) is 1.68. The second kappa shape index (κ2) is 7.20. The lowest BCUT2D eigenvalue weighted by Gasteiger charge is -2.09. The number of hydrogen-bond donors (Lipinski definition) is 1. The van der Waals surface area contributed by atoms with Gasteiger partial charge in [-0.3, -0.25) is 0 Å². The van der Waals surface area contributed by atoms with Crippen molar-refractivity contribution in [2.45, 2.75) is 13.3 Å². The Labute approximate surface area is 127 Å². The van der Waals surface area contributed by atoms with E-state index in [1.807, 2.05) is 49.4 Å². The fourth-order valence-electron chi connectivity index (χ4n) is 1.75. The van der Waals surface area contributed by atoms with Gasteiger partial charge in [0.05, 0.1) is 13.2 Å². The van der Waals surface area contributed by atoms with Crippen molar-refractivity contribution in [1.29, 1.82) is 0 Å². The minimum atomic E-state index is 0.610. The molecule has 0 saturated heterocycles. The molecule has 0 spiro atoms. The summed E-state index contributed by atoms with van der Waals surface area (Å²) in [5, 5.41) is 0. The van der Waals surface area contributed by atoms with Crippen LogP contribution in [0, 0.1) is 6.92 Å². The maximum absolute atomic E-state index is 5.68. The van der Waals surface area contributed by atoms with Gasteiger partial charge in [0.2, 0.25) is 0 Å². The Hall–Kier alpha value is -1.68. The lowest BCUT2D eigenvalue weighted by Crippen LogP contribution is -2.05. The Morgan fingerprint density at radius 3 is 2.35 bits per heavy atom. The van der Waals surface area contributed by atoms with Crippen LogP contribution in [-0.2, 0) is 0 Å². The molecule has 0 aliphatic heterocycles. The summed E-state index contributed by atoms with van der Waals surface area (Å²) < 4.78 is 12.4. The van der Waals surface area contributed by atoms with E-state index in [2.05, 4.69) is 15.9 Å². The number of aryl methyl sites for hydroxylation is 1. The number of anilines is 1. The summed E-state index contributed by atoms with van der Waals surface area (Å²) in [6.07, 6.45) is 0.823. The molecule has 0 atom stereocenters. The summed E-state index contributed by atoms with van der Waals surface area (Å²) >= 11 is 3.47. The molecule has 0 bridgehead atoms. The molecule has 2 N–H and O–H groups in total. The maximum atomic E-state index is 5.68. The first kappa shape index (κ1) is 14.7. The average Bonchev–Trinajstić information content (AvgIpc) is 2.42. The highest BCUT2D eigenvalue weighted by Gasteiger charge is 1.99. The van der Waals surface area contributed by atoms with Gasteiger partial charge >= 0.3 is 0 Å². The maximum Gasteiger partial charge on any atom is 0.121 e. The number of benzene rings is 2. The SMILES string of the molecule is Cc1cc(OCCCOc2cccc(N)c2)ccc1Br. The standard InChI is InChI=1S/C16H18BrNO2/c1-12-10-15(6-7-16(12)17)20-9-3-8-19-14-5-2-4-13(18)11-14/h2,4-7,10-11H,3,8-9,18H2,1H3. The van der Waals surface area contributed by atoms with E-state index in [4.69, 9.17) is 15.2 Å². The van der Waals surface area contributed by atoms with Gasteiger partial charge in [-0.15, -0.1) is 0 Å². The van der Waals surface area contributed by atoms with Gasteiger partial charge < -0.3 is 15.2 Å². The zero-order valence-electron chi connectivity index (χ0n) is 11.4. The monoisotopic (exact) mass is 335 g/mol. The van der Waals surface area contributed by atoms with E-state index >= 15 is 0 Å². The molecule has 0 fully saturated rings. The fraction of sp³-hybridized carbons (Fsp3) is 0.250. The van der Waals surface area contributed by atoms with Gasteiger partial charge in [-0.05, 0) is 42.8 Å². The van der Waals surface area contributed by atoms with Gasteiger partial charge in [0.1, 0.15) is 11.5 Å². The summed E-state index contributed by atoms with van der Waals surface area (Å²) in [5.41, 5.74) is 7.56. The average molecular weight is 336 g/mol. The minimum Gasteiger partial charge on any atom is -0.493 e. The number of rotatable bonds is 6. The fourth-order valence-corrected chi connectivity index (χ4v) is 2.00. The van der Waals surface area contributed by atoms with Gasteiger partial charge in [-0.1, -0.05) is 22.0 Å². The van der Waals surface area contributed by atoms with Crippen LogP contribution in [0.5, 0.6) is 11.5 Å². The minimum absolute atomic E-state index is 0.610. The highest BCUT2D eigenvalue weighted by atomic mass is 79.9. The Morgan fingerprint density at radius 2 is 1.70 bits per heavy atom. The van der Waals surface area contributed by atoms with E-state index in [1.54, 1.807) is 0 Å². The Bertz CT molecular complexity index is 572. The van der Waals surface area contributed by atoms with Gasteiger partial charge in [0.15, 0.2) is 0 Å². The molecule has 0 aliphatic carbocycles. The lowest BCUT2D eigenvalue weighted by molar-refractivity contribution is 0.247. The Balaban J connectivity index is 1.70.